The molecule has 0 atom stereocenters. The van der Waals surface area contributed by atoms with E-state index in [1.807, 2.05) is 30.3 Å². The predicted octanol–water partition coefficient (Wildman–Crippen LogP) is -0.327. The van der Waals surface area contributed by atoms with E-state index < -0.39 is 17.7 Å². The molecule has 0 fully saturated rings. The lowest BCUT2D eigenvalue weighted by atomic mass is 10.2. The number of hydrogen-bond donors (Lipinski definition) is 1. The van der Waals surface area contributed by atoms with Crippen LogP contribution in [0.3, 0.4) is 0 Å². The molecule has 0 aromatic heterocycles. The molecule has 0 aliphatic carbocycles. The van der Waals surface area contributed by atoms with E-state index in [-0.39, 0.29) is 6.61 Å². The van der Waals surface area contributed by atoms with Crippen molar-refractivity contribution in [3.63, 3.8) is 0 Å². The molecular formula is C12H10N2O4. The number of hydrogen-bond acceptors (Lipinski definition) is 5. The molecule has 18 heavy (non-hydrogen) atoms. The Balaban J connectivity index is 2.48. The SMILES string of the molecule is N=[N+]=C(C(=O)[O-])C(=O)OCC=Cc1ccccc1. The average molecular weight is 246 g/mol. The molecule has 0 heterocycles. The first-order valence-corrected chi connectivity index (χ1v) is 4.99. The molecule has 0 unspecified atom stereocenters. The van der Waals surface area contributed by atoms with Crippen molar-refractivity contribution in [2.45, 2.75) is 0 Å². The van der Waals surface area contributed by atoms with Crippen LogP contribution in [0.4, 0.5) is 0 Å². The van der Waals surface area contributed by atoms with Crippen LogP contribution in [0, 0.1) is 5.53 Å². The van der Waals surface area contributed by atoms with Gasteiger partial charge in [-0.05, 0) is 11.6 Å². The number of aliphatic carboxylic acids is 1. The first-order chi connectivity index (χ1) is 8.65. The van der Waals surface area contributed by atoms with Crippen LogP contribution in [0.5, 0.6) is 0 Å². The molecule has 0 amide bonds. The zero-order valence-corrected chi connectivity index (χ0v) is 9.33. The van der Waals surface area contributed by atoms with Gasteiger partial charge in [0.1, 0.15) is 6.61 Å². The molecule has 0 spiro atoms. The van der Waals surface area contributed by atoms with Gasteiger partial charge in [0.15, 0.2) is 5.97 Å². The molecule has 0 radical (unpaired) electrons. The van der Waals surface area contributed by atoms with Gasteiger partial charge in [0.2, 0.25) is 0 Å². The van der Waals surface area contributed by atoms with Crippen molar-refractivity contribution in [2.24, 2.45) is 0 Å². The Bertz CT molecular complexity index is 516. The summed E-state index contributed by atoms with van der Waals surface area (Å²) in [4.78, 5) is 24.0. The number of carboxylic acid groups (broad SMARTS) is 1. The van der Waals surface area contributed by atoms with Crippen LogP contribution in [0.15, 0.2) is 36.4 Å². The zero-order chi connectivity index (χ0) is 13.4. The normalized spacial score (nSPS) is 9.78. The summed E-state index contributed by atoms with van der Waals surface area (Å²) in [6, 6.07) is 9.29. The Morgan fingerprint density at radius 2 is 2.00 bits per heavy atom. The topological polar surface area (TPSA) is 104 Å². The number of carbonyl (C=O) groups excluding carboxylic acids is 2. The molecule has 0 saturated carbocycles. The summed E-state index contributed by atoms with van der Waals surface area (Å²) in [6.07, 6.45) is 3.26. The van der Waals surface area contributed by atoms with E-state index in [2.05, 4.69) is 9.53 Å². The van der Waals surface area contributed by atoms with E-state index in [1.54, 1.807) is 12.2 Å². The maximum absolute atomic E-state index is 11.1. The Morgan fingerprint density at radius 3 is 2.56 bits per heavy atom. The van der Waals surface area contributed by atoms with Crippen LogP contribution in [0.2, 0.25) is 0 Å². The second-order valence-corrected chi connectivity index (χ2v) is 3.16. The van der Waals surface area contributed by atoms with Gasteiger partial charge in [0, 0.05) is 0 Å². The second kappa shape index (κ2) is 6.78. The highest BCUT2D eigenvalue weighted by atomic mass is 16.5. The lowest BCUT2D eigenvalue weighted by Crippen LogP contribution is -2.38. The highest BCUT2D eigenvalue weighted by Gasteiger charge is 2.25. The largest absolute Gasteiger partial charge is 0.538 e. The van der Waals surface area contributed by atoms with Crippen molar-refractivity contribution in [3.05, 3.63) is 42.0 Å². The van der Waals surface area contributed by atoms with Gasteiger partial charge in [0.25, 0.3) is 0 Å². The minimum atomic E-state index is -1.83. The van der Waals surface area contributed by atoms with Crippen molar-refractivity contribution in [1.29, 1.82) is 5.53 Å². The monoisotopic (exact) mass is 246 g/mol. The molecule has 0 saturated heterocycles. The molecular weight excluding hydrogens is 236 g/mol. The summed E-state index contributed by atoms with van der Waals surface area (Å²) in [5.41, 5.74) is 6.35. The molecule has 1 N–H and O–H groups in total. The van der Waals surface area contributed by atoms with Crippen LogP contribution >= 0.6 is 0 Å². The van der Waals surface area contributed by atoms with Crippen molar-refractivity contribution in [1.82, 2.24) is 0 Å². The Labute approximate surface area is 103 Å². The van der Waals surface area contributed by atoms with E-state index in [1.165, 1.54) is 0 Å². The minimum Gasteiger partial charge on any atom is -0.538 e. The highest BCUT2D eigenvalue weighted by Crippen LogP contribution is 2.00. The van der Waals surface area contributed by atoms with Crippen molar-refractivity contribution >= 4 is 23.7 Å². The quantitative estimate of drug-likeness (QED) is 0.252. The number of rotatable bonds is 5. The second-order valence-electron chi connectivity index (χ2n) is 3.16. The summed E-state index contributed by atoms with van der Waals surface area (Å²) in [6.45, 7) is -0.111. The summed E-state index contributed by atoms with van der Waals surface area (Å²) in [5, 5.41) is 10.3. The third-order valence-electron chi connectivity index (χ3n) is 1.92. The van der Waals surface area contributed by atoms with Crippen molar-refractivity contribution in [3.8, 4) is 0 Å². The number of carbonyl (C=O) groups is 2. The smallest absolute Gasteiger partial charge is 0.470 e. The molecule has 92 valence electrons. The van der Waals surface area contributed by atoms with Gasteiger partial charge in [-0.25, -0.2) is 4.79 Å². The summed E-state index contributed by atoms with van der Waals surface area (Å²) in [5.74, 6) is -3.02. The standard InChI is InChI=1S/C12H10N2O4/c13-14-10(11(15)16)12(17)18-8-4-7-9-5-2-1-3-6-9/h1-7,13H,8H2. The van der Waals surface area contributed by atoms with Crippen LogP contribution < -0.4 is 5.11 Å². The highest BCUT2D eigenvalue weighted by molar-refractivity contribution is 6.59. The van der Waals surface area contributed by atoms with Gasteiger partial charge in [-0.15, -0.1) is 0 Å². The molecule has 1 rings (SSSR count). The summed E-state index contributed by atoms with van der Waals surface area (Å²) >= 11 is 0. The van der Waals surface area contributed by atoms with E-state index >= 15 is 0 Å². The summed E-state index contributed by atoms with van der Waals surface area (Å²) in [7, 11) is 0. The lowest BCUT2D eigenvalue weighted by molar-refractivity contribution is -0.299. The van der Waals surface area contributed by atoms with Gasteiger partial charge < -0.3 is 14.6 Å². The number of esters is 1. The maximum Gasteiger partial charge on any atom is 0.470 e. The van der Waals surface area contributed by atoms with Crippen LogP contribution in [0.25, 0.3) is 6.08 Å². The number of carboxylic acids is 1. The van der Waals surface area contributed by atoms with E-state index in [4.69, 9.17) is 5.53 Å². The average Bonchev–Trinajstić information content (AvgIpc) is 2.36. The summed E-state index contributed by atoms with van der Waals surface area (Å²) < 4.78 is 4.58. The van der Waals surface area contributed by atoms with Crippen molar-refractivity contribution in [2.75, 3.05) is 6.61 Å². The molecule has 1 aromatic carbocycles. The van der Waals surface area contributed by atoms with Crippen LogP contribution in [0.1, 0.15) is 5.56 Å². The minimum absolute atomic E-state index is 0.111. The Morgan fingerprint density at radius 1 is 1.33 bits per heavy atom. The third-order valence-corrected chi connectivity index (χ3v) is 1.92. The maximum atomic E-state index is 11.1. The van der Waals surface area contributed by atoms with E-state index in [0.29, 0.717) is 0 Å². The molecule has 0 aliphatic rings. The number of ether oxygens (including phenoxy) is 1. The van der Waals surface area contributed by atoms with E-state index in [9.17, 15) is 14.7 Å². The Hall–Kier alpha value is -2.72. The fraction of sp³-hybridized carbons (Fsp3) is 0.0833. The molecule has 0 bridgehead atoms. The molecule has 1 aromatic rings. The van der Waals surface area contributed by atoms with E-state index in [0.717, 1.165) is 5.56 Å². The van der Waals surface area contributed by atoms with Crippen LogP contribution in [-0.4, -0.2) is 29.0 Å². The Kier molecular flexibility index (Phi) is 5.02. The van der Waals surface area contributed by atoms with Gasteiger partial charge in [-0.3, -0.25) is 0 Å². The molecule has 6 heteroatoms. The first kappa shape index (κ1) is 13.3. The zero-order valence-electron chi connectivity index (χ0n) is 9.33. The fourth-order valence-corrected chi connectivity index (χ4v) is 1.12. The van der Waals surface area contributed by atoms with Gasteiger partial charge >= 0.3 is 11.7 Å². The van der Waals surface area contributed by atoms with Crippen LogP contribution in [-0.2, 0) is 14.3 Å². The third kappa shape index (κ3) is 4.03. The van der Waals surface area contributed by atoms with Gasteiger partial charge in [0.05, 0.1) is 10.3 Å². The fourth-order valence-electron chi connectivity index (χ4n) is 1.12. The first-order valence-electron chi connectivity index (χ1n) is 4.99. The van der Waals surface area contributed by atoms with Gasteiger partial charge in [-0.1, -0.05) is 36.4 Å². The predicted molar refractivity (Wildman–Crippen MR) is 59.4 cm³/mol. The number of benzene rings is 1. The molecule has 0 aliphatic heterocycles. The number of nitrogens with one attached hydrogen (secondary N) is 1. The lowest BCUT2D eigenvalue weighted by Gasteiger charge is -1.97. The van der Waals surface area contributed by atoms with Crippen molar-refractivity contribution < 1.29 is 24.2 Å². The number of nitrogens with zero attached hydrogens (tertiary/aromatic N) is 1. The van der Waals surface area contributed by atoms with Gasteiger partial charge in [-0.2, -0.15) is 0 Å². The molecule has 6 nitrogen and oxygen atoms in total.